The van der Waals surface area contributed by atoms with Crippen LogP contribution in [0.5, 0.6) is 0 Å². The van der Waals surface area contributed by atoms with E-state index in [4.69, 9.17) is 5.41 Å². The highest BCUT2D eigenvalue weighted by molar-refractivity contribution is 6.10. The van der Waals surface area contributed by atoms with Gasteiger partial charge in [-0.15, -0.1) is 0 Å². The molecule has 1 aliphatic carbocycles. The lowest BCUT2D eigenvalue weighted by Gasteiger charge is -2.11. The highest BCUT2D eigenvalue weighted by Gasteiger charge is 2.08. The van der Waals surface area contributed by atoms with Gasteiger partial charge < -0.3 is 5.41 Å². The Morgan fingerprint density at radius 1 is 1.43 bits per heavy atom. The Labute approximate surface area is 87.0 Å². The zero-order valence-corrected chi connectivity index (χ0v) is 9.30. The second-order valence-corrected chi connectivity index (χ2v) is 2.63. The van der Waals surface area contributed by atoms with Crippen molar-refractivity contribution in [3.8, 4) is 0 Å². The van der Waals surface area contributed by atoms with E-state index in [1.54, 1.807) is 12.2 Å². The molecule has 1 rings (SSSR count). The van der Waals surface area contributed by atoms with E-state index in [9.17, 15) is 0 Å². The summed E-state index contributed by atoms with van der Waals surface area (Å²) in [4.78, 5) is 0. The predicted molar refractivity (Wildman–Crippen MR) is 64.9 cm³/mol. The van der Waals surface area contributed by atoms with Crippen molar-refractivity contribution >= 4 is 5.71 Å². The lowest BCUT2D eigenvalue weighted by atomic mass is 9.94. The lowest BCUT2D eigenvalue weighted by molar-refractivity contribution is 1.13. The summed E-state index contributed by atoms with van der Waals surface area (Å²) in [5.41, 5.74) is 2.78. The maximum Gasteiger partial charge on any atom is 0.0614 e. The van der Waals surface area contributed by atoms with Gasteiger partial charge in [0.2, 0.25) is 0 Å². The zero-order chi connectivity index (χ0) is 11.0. The van der Waals surface area contributed by atoms with Crippen LogP contribution in [0.15, 0.2) is 48.1 Å². The van der Waals surface area contributed by atoms with Crippen molar-refractivity contribution in [1.82, 2.24) is 0 Å². The van der Waals surface area contributed by atoms with Gasteiger partial charge in [-0.3, -0.25) is 0 Å². The summed E-state index contributed by atoms with van der Waals surface area (Å²) < 4.78 is 0. The minimum absolute atomic E-state index is 0.578. The fraction of sp³-hybridized carbons (Fsp3) is 0.308. The maximum absolute atomic E-state index is 7.64. The summed E-state index contributed by atoms with van der Waals surface area (Å²) in [5.74, 6) is 0. The van der Waals surface area contributed by atoms with Gasteiger partial charge in [-0.1, -0.05) is 51.7 Å². The average molecular weight is 189 g/mol. The number of hydrogen-bond acceptors (Lipinski definition) is 1. The normalized spacial score (nSPS) is 17.2. The molecule has 0 aromatic heterocycles. The quantitative estimate of drug-likeness (QED) is 0.677. The van der Waals surface area contributed by atoms with Crippen LogP contribution in [0.1, 0.15) is 27.2 Å². The monoisotopic (exact) mass is 189 g/mol. The van der Waals surface area contributed by atoms with Crippen molar-refractivity contribution in [2.75, 3.05) is 0 Å². The summed E-state index contributed by atoms with van der Waals surface area (Å²) in [7, 11) is 0. The van der Waals surface area contributed by atoms with Crippen LogP contribution in [0.25, 0.3) is 0 Å². The van der Waals surface area contributed by atoms with E-state index in [2.05, 4.69) is 13.5 Å². The van der Waals surface area contributed by atoms with Crippen LogP contribution < -0.4 is 0 Å². The van der Waals surface area contributed by atoms with Gasteiger partial charge in [0.15, 0.2) is 0 Å². The Morgan fingerprint density at radius 3 is 2.57 bits per heavy atom. The van der Waals surface area contributed by atoms with Crippen molar-refractivity contribution < 1.29 is 0 Å². The summed E-state index contributed by atoms with van der Waals surface area (Å²) in [6.45, 7) is 9.73. The molecule has 1 heteroatoms. The Bertz CT molecular complexity index is 290. The van der Waals surface area contributed by atoms with E-state index in [0.717, 1.165) is 12.0 Å². The van der Waals surface area contributed by atoms with Gasteiger partial charge in [-0.25, -0.2) is 0 Å². The summed E-state index contributed by atoms with van der Waals surface area (Å²) in [6.07, 6.45) is 10.4. The smallest absolute Gasteiger partial charge is 0.0614 e. The Morgan fingerprint density at radius 2 is 2.07 bits per heavy atom. The molecule has 0 heterocycles. The first-order valence-corrected chi connectivity index (χ1v) is 5.08. The molecule has 0 saturated carbocycles. The zero-order valence-electron chi connectivity index (χ0n) is 9.30. The topological polar surface area (TPSA) is 23.9 Å². The van der Waals surface area contributed by atoms with Crippen LogP contribution in [-0.2, 0) is 0 Å². The van der Waals surface area contributed by atoms with E-state index in [1.807, 2.05) is 32.1 Å². The maximum atomic E-state index is 7.64. The predicted octanol–water partition coefficient (Wildman–Crippen LogP) is 4.05. The van der Waals surface area contributed by atoms with E-state index < -0.39 is 0 Å². The van der Waals surface area contributed by atoms with E-state index in [0.29, 0.717) is 5.71 Å². The molecule has 0 atom stereocenters. The highest BCUT2D eigenvalue weighted by atomic mass is 14.4. The molecule has 0 bridgehead atoms. The molecule has 1 nitrogen and oxygen atoms in total. The molecule has 0 aliphatic heterocycles. The third kappa shape index (κ3) is 3.17. The van der Waals surface area contributed by atoms with Crippen LogP contribution in [-0.4, -0.2) is 5.71 Å². The number of nitrogens with one attached hydrogen (secondary N) is 1. The first-order valence-electron chi connectivity index (χ1n) is 5.08. The standard InChI is InChI=1S/C11H13N.C2H6/c1-3-6-10-9(4-2)7-5-8-11(10)12;1-2/h3,5-8,12H,1,4H2,2H3;1-2H3/b10-6-,12-11?;. The number of rotatable bonds is 2. The summed E-state index contributed by atoms with van der Waals surface area (Å²) in [5, 5.41) is 7.64. The minimum atomic E-state index is 0.578. The lowest BCUT2D eigenvalue weighted by Crippen LogP contribution is -2.03. The van der Waals surface area contributed by atoms with E-state index in [1.165, 1.54) is 5.57 Å². The van der Waals surface area contributed by atoms with Crippen molar-refractivity contribution in [2.45, 2.75) is 27.2 Å². The third-order valence-corrected chi connectivity index (χ3v) is 1.86. The Hall–Kier alpha value is -1.37. The second kappa shape index (κ2) is 7.07. The van der Waals surface area contributed by atoms with Crippen molar-refractivity contribution in [2.24, 2.45) is 0 Å². The molecular formula is C13H19N. The van der Waals surface area contributed by atoms with Crippen LogP contribution >= 0.6 is 0 Å². The van der Waals surface area contributed by atoms with Crippen molar-refractivity contribution in [3.63, 3.8) is 0 Å². The molecule has 14 heavy (non-hydrogen) atoms. The van der Waals surface area contributed by atoms with Gasteiger partial charge in [0.25, 0.3) is 0 Å². The van der Waals surface area contributed by atoms with Gasteiger partial charge in [-0.2, -0.15) is 0 Å². The molecule has 0 radical (unpaired) electrons. The first kappa shape index (κ1) is 12.6. The van der Waals surface area contributed by atoms with Gasteiger partial charge in [0.1, 0.15) is 0 Å². The Kier molecular flexibility index (Phi) is 6.38. The molecule has 1 N–H and O–H groups in total. The molecule has 0 fully saturated rings. The molecule has 0 aromatic rings. The molecule has 0 saturated heterocycles. The van der Waals surface area contributed by atoms with Crippen LogP contribution in [0.4, 0.5) is 0 Å². The van der Waals surface area contributed by atoms with Gasteiger partial charge >= 0.3 is 0 Å². The fourth-order valence-corrected chi connectivity index (χ4v) is 1.24. The fourth-order valence-electron chi connectivity index (χ4n) is 1.24. The molecule has 0 aromatic carbocycles. The van der Waals surface area contributed by atoms with Gasteiger partial charge in [0.05, 0.1) is 5.71 Å². The Balaban J connectivity index is 0.000000791. The van der Waals surface area contributed by atoms with Crippen LogP contribution in [0.2, 0.25) is 0 Å². The molecular weight excluding hydrogens is 170 g/mol. The number of allylic oxidation sites excluding steroid dienone is 7. The highest BCUT2D eigenvalue weighted by Crippen LogP contribution is 2.19. The second-order valence-electron chi connectivity index (χ2n) is 2.63. The third-order valence-electron chi connectivity index (χ3n) is 1.86. The molecule has 0 spiro atoms. The SMILES string of the molecule is C=C/C=C1\C(=N)C=CC=C1CC.CC. The average Bonchev–Trinajstić information content (AvgIpc) is 2.24. The van der Waals surface area contributed by atoms with Crippen LogP contribution in [0, 0.1) is 5.41 Å². The molecule has 1 aliphatic rings. The summed E-state index contributed by atoms with van der Waals surface area (Å²) in [6, 6.07) is 0. The van der Waals surface area contributed by atoms with Gasteiger partial charge in [-0.05, 0) is 18.1 Å². The van der Waals surface area contributed by atoms with E-state index >= 15 is 0 Å². The summed E-state index contributed by atoms with van der Waals surface area (Å²) >= 11 is 0. The van der Waals surface area contributed by atoms with Gasteiger partial charge in [0, 0.05) is 5.57 Å². The van der Waals surface area contributed by atoms with Crippen molar-refractivity contribution in [3.05, 3.63) is 48.1 Å². The first-order chi connectivity index (χ1) is 6.79. The molecule has 0 unspecified atom stereocenters. The van der Waals surface area contributed by atoms with E-state index in [-0.39, 0.29) is 0 Å². The largest absolute Gasteiger partial charge is 0.300 e. The number of hydrogen-bond donors (Lipinski definition) is 1. The molecule has 0 amide bonds. The van der Waals surface area contributed by atoms with Crippen molar-refractivity contribution in [1.29, 1.82) is 5.41 Å². The minimum Gasteiger partial charge on any atom is -0.300 e. The van der Waals surface area contributed by atoms with Crippen LogP contribution in [0.3, 0.4) is 0 Å². The molecule has 76 valence electrons.